The number of aromatic nitrogens is 1. The minimum Gasteiger partial charge on any atom is -0.247 e. The van der Waals surface area contributed by atoms with Crippen molar-refractivity contribution in [1.82, 2.24) is 4.98 Å². The van der Waals surface area contributed by atoms with Gasteiger partial charge in [-0.25, -0.2) is 4.98 Å². The van der Waals surface area contributed by atoms with Gasteiger partial charge in [0.15, 0.2) is 0 Å². The maximum atomic E-state index is 5.21. The van der Waals surface area contributed by atoms with Crippen LogP contribution in [0.15, 0.2) is 152 Å². The van der Waals surface area contributed by atoms with Gasteiger partial charge >= 0.3 is 0 Å². The molecular formula is C41H25NS. The molecule has 2 heteroatoms. The molecule has 0 aliphatic carbocycles. The van der Waals surface area contributed by atoms with Crippen molar-refractivity contribution in [2.24, 2.45) is 0 Å². The fourth-order valence-electron chi connectivity index (χ4n) is 6.57. The highest BCUT2D eigenvalue weighted by molar-refractivity contribution is 7.26. The Labute approximate surface area is 253 Å². The minimum absolute atomic E-state index is 0.992. The Kier molecular flexibility index (Phi) is 5.44. The summed E-state index contributed by atoms with van der Waals surface area (Å²) in [6.07, 6.45) is 0. The summed E-state index contributed by atoms with van der Waals surface area (Å²) < 4.78 is 2.69. The molecule has 0 amide bonds. The summed E-state index contributed by atoms with van der Waals surface area (Å²) in [5, 5.41) is 8.83. The number of rotatable bonds is 3. The summed E-state index contributed by atoms with van der Waals surface area (Å²) in [6.45, 7) is 0. The normalized spacial score (nSPS) is 11.7. The summed E-state index contributed by atoms with van der Waals surface area (Å²) in [5.74, 6) is 0. The molecule has 7 aromatic carbocycles. The average molecular weight is 564 g/mol. The van der Waals surface area contributed by atoms with Crippen molar-refractivity contribution >= 4 is 64.0 Å². The van der Waals surface area contributed by atoms with E-state index in [1.165, 1.54) is 69.4 Å². The first-order valence-corrected chi connectivity index (χ1v) is 15.5. The number of thiophene rings is 1. The molecule has 0 radical (unpaired) electrons. The van der Waals surface area contributed by atoms with Crippen molar-refractivity contribution in [2.75, 3.05) is 0 Å². The van der Waals surface area contributed by atoms with Crippen molar-refractivity contribution in [1.29, 1.82) is 0 Å². The van der Waals surface area contributed by atoms with Crippen LogP contribution in [0.4, 0.5) is 0 Å². The third-order valence-electron chi connectivity index (χ3n) is 8.70. The van der Waals surface area contributed by atoms with Gasteiger partial charge in [-0.05, 0) is 56.6 Å². The topological polar surface area (TPSA) is 12.9 Å². The van der Waals surface area contributed by atoms with Gasteiger partial charge in [-0.3, -0.25) is 0 Å². The highest BCUT2D eigenvalue weighted by Gasteiger charge is 2.12. The first kappa shape index (κ1) is 24.3. The molecule has 1 nitrogen and oxygen atoms in total. The Bertz CT molecular complexity index is 2450. The lowest BCUT2D eigenvalue weighted by Crippen LogP contribution is -1.89. The second-order valence-electron chi connectivity index (χ2n) is 11.1. The van der Waals surface area contributed by atoms with Crippen molar-refractivity contribution in [3.05, 3.63) is 152 Å². The quantitative estimate of drug-likeness (QED) is 0.195. The zero-order valence-corrected chi connectivity index (χ0v) is 24.1. The van der Waals surface area contributed by atoms with Gasteiger partial charge in [0.2, 0.25) is 0 Å². The smallest absolute Gasteiger partial charge is 0.0794 e. The Morgan fingerprint density at radius 3 is 1.56 bits per heavy atom. The Hall–Kier alpha value is -5.31. The maximum absolute atomic E-state index is 5.21. The Balaban J connectivity index is 1.07. The largest absolute Gasteiger partial charge is 0.247 e. The summed E-state index contributed by atoms with van der Waals surface area (Å²) in [7, 11) is 0. The molecule has 0 aliphatic heterocycles. The van der Waals surface area contributed by atoms with Crippen LogP contribution < -0.4 is 0 Å². The summed E-state index contributed by atoms with van der Waals surface area (Å²) in [6, 6.07) is 54.8. The lowest BCUT2D eigenvalue weighted by Gasteiger charge is -2.11. The molecule has 0 saturated heterocycles. The minimum atomic E-state index is 0.992. The third kappa shape index (κ3) is 3.88. The van der Waals surface area contributed by atoms with E-state index in [2.05, 4.69) is 152 Å². The first-order chi connectivity index (χ1) is 21.3. The zero-order chi connectivity index (χ0) is 28.3. The standard InChI is InChI=1S/C41H25NS/c1-2-10-33-31(8-1)32-9-3-4-12-35(32)40-36(33)24-25-38(42-40)29-22-18-27(19-23-29)26-16-20-28(21-17-26)30-13-7-14-37-34-11-5-6-15-39(34)43-41(30)37/h1-25H. The number of fused-ring (bicyclic) bond motifs is 9. The van der Waals surface area contributed by atoms with Crippen molar-refractivity contribution in [2.45, 2.75) is 0 Å². The van der Waals surface area contributed by atoms with Gasteiger partial charge in [0.25, 0.3) is 0 Å². The Morgan fingerprint density at radius 1 is 0.349 bits per heavy atom. The lowest BCUT2D eigenvalue weighted by molar-refractivity contribution is 1.41. The molecule has 200 valence electrons. The van der Waals surface area contributed by atoms with Gasteiger partial charge in [0.05, 0.1) is 11.2 Å². The molecular weight excluding hydrogens is 539 g/mol. The van der Waals surface area contributed by atoms with E-state index in [1.54, 1.807) is 0 Å². The molecule has 0 N–H and O–H groups in total. The van der Waals surface area contributed by atoms with E-state index in [-0.39, 0.29) is 0 Å². The van der Waals surface area contributed by atoms with Crippen LogP contribution in [0.3, 0.4) is 0 Å². The van der Waals surface area contributed by atoms with Crippen molar-refractivity contribution in [3.8, 4) is 33.5 Å². The molecule has 0 aliphatic rings. The van der Waals surface area contributed by atoms with Gasteiger partial charge in [0.1, 0.15) is 0 Å². The first-order valence-electron chi connectivity index (χ1n) is 14.6. The van der Waals surface area contributed by atoms with Gasteiger partial charge < -0.3 is 0 Å². The average Bonchev–Trinajstić information content (AvgIpc) is 3.47. The van der Waals surface area contributed by atoms with Crippen LogP contribution in [0.2, 0.25) is 0 Å². The summed E-state index contributed by atoms with van der Waals surface area (Å²) in [4.78, 5) is 5.21. The number of benzene rings is 7. The molecule has 0 fully saturated rings. The predicted molar refractivity (Wildman–Crippen MR) is 186 cm³/mol. The second kappa shape index (κ2) is 9.62. The van der Waals surface area contributed by atoms with E-state index < -0.39 is 0 Å². The molecule has 2 aromatic heterocycles. The van der Waals surface area contributed by atoms with Crippen LogP contribution in [0.1, 0.15) is 0 Å². The fraction of sp³-hybridized carbons (Fsp3) is 0. The van der Waals surface area contributed by atoms with Gasteiger partial charge in [-0.1, -0.05) is 133 Å². The molecule has 0 saturated carbocycles. The van der Waals surface area contributed by atoms with Gasteiger partial charge in [-0.2, -0.15) is 0 Å². The van der Waals surface area contributed by atoms with Crippen LogP contribution in [0.25, 0.3) is 86.1 Å². The number of nitrogens with zero attached hydrogens (tertiary/aromatic N) is 1. The predicted octanol–water partition coefficient (Wildman–Crippen LogP) is 11.9. The third-order valence-corrected chi connectivity index (χ3v) is 9.92. The van der Waals surface area contributed by atoms with Gasteiger partial charge in [0, 0.05) is 36.5 Å². The van der Waals surface area contributed by atoms with E-state index in [0.29, 0.717) is 0 Å². The van der Waals surface area contributed by atoms with Crippen LogP contribution in [-0.4, -0.2) is 4.98 Å². The fourth-order valence-corrected chi connectivity index (χ4v) is 7.81. The van der Waals surface area contributed by atoms with Crippen molar-refractivity contribution in [3.63, 3.8) is 0 Å². The number of hydrogen-bond acceptors (Lipinski definition) is 2. The van der Waals surface area contributed by atoms with E-state index >= 15 is 0 Å². The number of hydrogen-bond donors (Lipinski definition) is 0. The molecule has 0 atom stereocenters. The van der Waals surface area contributed by atoms with Crippen LogP contribution in [-0.2, 0) is 0 Å². The lowest BCUT2D eigenvalue weighted by atomic mass is 9.96. The van der Waals surface area contributed by atoms with Crippen LogP contribution in [0, 0.1) is 0 Å². The highest BCUT2D eigenvalue weighted by atomic mass is 32.1. The maximum Gasteiger partial charge on any atom is 0.0794 e. The molecule has 9 aromatic rings. The zero-order valence-electron chi connectivity index (χ0n) is 23.3. The van der Waals surface area contributed by atoms with E-state index in [1.807, 2.05) is 11.3 Å². The van der Waals surface area contributed by atoms with Crippen molar-refractivity contribution < 1.29 is 0 Å². The Morgan fingerprint density at radius 2 is 0.860 bits per heavy atom. The highest BCUT2D eigenvalue weighted by Crippen LogP contribution is 2.40. The van der Waals surface area contributed by atoms with Crippen LogP contribution in [0.5, 0.6) is 0 Å². The number of pyridine rings is 1. The summed E-state index contributed by atoms with van der Waals surface area (Å²) in [5.41, 5.74) is 8.12. The molecule has 0 bridgehead atoms. The van der Waals surface area contributed by atoms with E-state index in [9.17, 15) is 0 Å². The molecule has 0 unspecified atom stereocenters. The van der Waals surface area contributed by atoms with E-state index in [0.717, 1.165) is 16.8 Å². The molecule has 2 heterocycles. The second-order valence-corrected chi connectivity index (χ2v) is 12.2. The van der Waals surface area contributed by atoms with E-state index in [4.69, 9.17) is 4.98 Å². The van der Waals surface area contributed by atoms with Gasteiger partial charge in [-0.15, -0.1) is 11.3 Å². The molecule has 9 rings (SSSR count). The monoisotopic (exact) mass is 563 g/mol. The molecule has 43 heavy (non-hydrogen) atoms. The summed E-state index contributed by atoms with van der Waals surface area (Å²) >= 11 is 1.88. The SMILES string of the molecule is c1ccc2c(c1)sc1c(-c3ccc(-c4ccc(-c5ccc6c7ccccc7c7ccccc7c6n5)cc4)cc3)cccc12. The van der Waals surface area contributed by atoms with Crippen LogP contribution >= 0.6 is 11.3 Å². The molecule has 0 spiro atoms.